The molecule has 0 fully saturated rings. The molecule has 3 rings (SSSR count). The van der Waals surface area contributed by atoms with Gasteiger partial charge in [-0.3, -0.25) is 14.2 Å². The summed E-state index contributed by atoms with van der Waals surface area (Å²) >= 11 is 2.87. The number of aromatic nitrogens is 2. The van der Waals surface area contributed by atoms with Crippen molar-refractivity contribution in [2.75, 3.05) is 11.5 Å². The molecule has 2 aromatic heterocycles. The molecule has 1 aliphatic heterocycles. The molecule has 0 saturated heterocycles. The Bertz CT molecular complexity index is 756. The third kappa shape index (κ3) is 3.64. The first kappa shape index (κ1) is 16.2. The molecule has 0 unspecified atom stereocenters. The average molecular weight is 351 g/mol. The molecule has 8 heteroatoms. The zero-order chi connectivity index (χ0) is 16.2. The van der Waals surface area contributed by atoms with Gasteiger partial charge in [-0.05, 0) is 19.1 Å². The zero-order valence-corrected chi connectivity index (χ0v) is 14.3. The van der Waals surface area contributed by atoms with Crippen molar-refractivity contribution in [1.29, 1.82) is 0 Å². The van der Waals surface area contributed by atoms with Crippen LogP contribution >= 0.6 is 23.5 Å². The number of furan rings is 1. The molecule has 0 aromatic carbocycles. The van der Waals surface area contributed by atoms with Crippen molar-refractivity contribution >= 4 is 29.4 Å². The van der Waals surface area contributed by atoms with Gasteiger partial charge in [0.25, 0.3) is 5.56 Å². The number of nitrogens with zero attached hydrogens (tertiary/aromatic N) is 2. The third-order valence-corrected chi connectivity index (χ3v) is 5.52. The van der Waals surface area contributed by atoms with E-state index in [-0.39, 0.29) is 17.2 Å². The van der Waals surface area contributed by atoms with Crippen LogP contribution in [0.2, 0.25) is 0 Å². The SMILES string of the molecule is CCn1c(SCC(=O)NCc2ccco2)nc2c(c1=O)SCC2. The normalized spacial score (nSPS) is 13.1. The van der Waals surface area contributed by atoms with Crippen LogP contribution in [0.25, 0.3) is 0 Å². The van der Waals surface area contributed by atoms with Crippen molar-refractivity contribution in [3.05, 3.63) is 40.2 Å². The number of thioether (sulfide) groups is 2. The molecule has 0 saturated carbocycles. The lowest BCUT2D eigenvalue weighted by Gasteiger charge is -2.11. The summed E-state index contributed by atoms with van der Waals surface area (Å²) in [5.41, 5.74) is 0.877. The zero-order valence-electron chi connectivity index (χ0n) is 12.7. The number of rotatable bonds is 6. The van der Waals surface area contributed by atoms with E-state index in [1.165, 1.54) is 11.8 Å². The summed E-state index contributed by atoms with van der Waals surface area (Å²) in [4.78, 5) is 29.7. The minimum Gasteiger partial charge on any atom is -0.467 e. The highest BCUT2D eigenvalue weighted by Crippen LogP contribution is 2.28. The molecule has 0 aliphatic carbocycles. The van der Waals surface area contributed by atoms with E-state index in [4.69, 9.17) is 4.42 Å². The summed E-state index contributed by atoms with van der Waals surface area (Å²) in [6, 6.07) is 3.59. The fourth-order valence-corrected chi connectivity index (χ4v) is 4.25. The first-order chi connectivity index (χ1) is 11.2. The third-order valence-electron chi connectivity index (χ3n) is 3.44. The van der Waals surface area contributed by atoms with Gasteiger partial charge in [0.1, 0.15) is 5.76 Å². The smallest absolute Gasteiger partial charge is 0.268 e. The number of carbonyl (C=O) groups is 1. The van der Waals surface area contributed by atoms with Crippen molar-refractivity contribution < 1.29 is 9.21 Å². The molecule has 23 heavy (non-hydrogen) atoms. The monoisotopic (exact) mass is 351 g/mol. The number of hydrogen-bond donors (Lipinski definition) is 1. The van der Waals surface area contributed by atoms with Crippen LogP contribution in [0.15, 0.2) is 37.7 Å². The Morgan fingerprint density at radius 2 is 2.43 bits per heavy atom. The average Bonchev–Trinajstić information content (AvgIpc) is 3.22. The molecule has 3 heterocycles. The van der Waals surface area contributed by atoms with Crippen LogP contribution in [0, 0.1) is 0 Å². The first-order valence-corrected chi connectivity index (χ1v) is 9.34. The fourth-order valence-electron chi connectivity index (χ4n) is 2.29. The molecule has 0 spiro atoms. The van der Waals surface area contributed by atoms with Crippen LogP contribution in [0.1, 0.15) is 18.4 Å². The molecule has 6 nitrogen and oxygen atoms in total. The van der Waals surface area contributed by atoms with Crippen molar-refractivity contribution in [1.82, 2.24) is 14.9 Å². The molecular formula is C15H17N3O3S2. The van der Waals surface area contributed by atoms with Gasteiger partial charge in [0.05, 0.1) is 29.2 Å². The molecular weight excluding hydrogens is 334 g/mol. The van der Waals surface area contributed by atoms with E-state index in [9.17, 15) is 9.59 Å². The predicted molar refractivity (Wildman–Crippen MR) is 89.9 cm³/mol. The van der Waals surface area contributed by atoms with Crippen molar-refractivity contribution in [2.45, 2.75) is 36.5 Å². The lowest BCUT2D eigenvalue weighted by molar-refractivity contribution is -0.118. The van der Waals surface area contributed by atoms with E-state index in [1.54, 1.807) is 28.7 Å². The predicted octanol–water partition coefficient (Wildman–Crippen LogP) is 1.91. The van der Waals surface area contributed by atoms with Crippen LogP contribution in [0.4, 0.5) is 0 Å². The lowest BCUT2D eigenvalue weighted by atomic mass is 10.3. The summed E-state index contributed by atoms with van der Waals surface area (Å²) in [5.74, 6) is 1.72. The van der Waals surface area contributed by atoms with Crippen LogP contribution in [-0.4, -0.2) is 27.0 Å². The number of nitrogens with one attached hydrogen (secondary N) is 1. The Kier molecular flexibility index (Phi) is 5.12. The second kappa shape index (κ2) is 7.27. The van der Waals surface area contributed by atoms with Gasteiger partial charge in [0.2, 0.25) is 5.91 Å². The number of fused-ring (bicyclic) bond motifs is 1. The maximum Gasteiger partial charge on any atom is 0.268 e. The van der Waals surface area contributed by atoms with Gasteiger partial charge in [-0.2, -0.15) is 0 Å². The van der Waals surface area contributed by atoms with Crippen molar-refractivity contribution in [3.63, 3.8) is 0 Å². The minimum atomic E-state index is -0.113. The molecule has 1 N–H and O–H groups in total. The Labute approximate surface area is 142 Å². The molecule has 1 amide bonds. The van der Waals surface area contributed by atoms with E-state index in [2.05, 4.69) is 10.3 Å². The minimum absolute atomic E-state index is 0.0125. The second-order valence-electron chi connectivity index (χ2n) is 4.96. The molecule has 0 atom stereocenters. The summed E-state index contributed by atoms with van der Waals surface area (Å²) in [6.45, 7) is 2.83. The maximum atomic E-state index is 12.4. The Morgan fingerprint density at radius 3 is 3.17 bits per heavy atom. The first-order valence-electron chi connectivity index (χ1n) is 7.37. The molecule has 2 aromatic rings. The van der Waals surface area contributed by atoms with E-state index in [1.807, 2.05) is 13.0 Å². The lowest BCUT2D eigenvalue weighted by Crippen LogP contribution is -2.27. The number of hydrogen-bond acceptors (Lipinski definition) is 6. The number of aryl methyl sites for hydroxylation is 1. The van der Waals surface area contributed by atoms with Crippen molar-refractivity contribution in [2.24, 2.45) is 0 Å². The highest BCUT2D eigenvalue weighted by Gasteiger charge is 2.21. The van der Waals surface area contributed by atoms with Gasteiger partial charge >= 0.3 is 0 Å². The highest BCUT2D eigenvalue weighted by atomic mass is 32.2. The van der Waals surface area contributed by atoms with Crippen LogP contribution in [0.5, 0.6) is 0 Å². The Morgan fingerprint density at radius 1 is 1.57 bits per heavy atom. The molecule has 122 valence electrons. The maximum absolute atomic E-state index is 12.4. The van der Waals surface area contributed by atoms with Gasteiger partial charge in [-0.15, -0.1) is 11.8 Å². The Hall–Kier alpha value is -1.67. The highest BCUT2D eigenvalue weighted by molar-refractivity contribution is 8.00. The number of carbonyl (C=O) groups excluding carboxylic acids is 1. The largest absolute Gasteiger partial charge is 0.467 e. The summed E-state index contributed by atoms with van der Waals surface area (Å²) in [7, 11) is 0. The van der Waals surface area contributed by atoms with Crippen molar-refractivity contribution in [3.8, 4) is 0 Å². The van der Waals surface area contributed by atoms with E-state index in [0.717, 1.165) is 22.8 Å². The van der Waals surface area contributed by atoms with Crippen LogP contribution in [-0.2, 0) is 24.3 Å². The summed E-state index contributed by atoms with van der Waals surface area (Å²) in [6.07, 6.45) is 2.39. The summed E-state index contributed by atoms with van der Waals surface area (Å²) in [5, 5.41) is 3.40. The molecule has 0 radical (unpaired) electrons. The van der Waals surface area contributed by atoms with Gasteiger partial charge < -0.3 is 9.73 Å². The molecule has 0 bridgehead atoms. The second-order valence-corrected chi connectivity index (χ2v) is 7.01. The summed E-state index contributed by atoms with van der Waals surface area (Å²) < 4.78 is 6.81. The standard InChI is InChI=1S/C15H17N3O3S2/c1-2-18-14(20)13-11(5-7-22-13)17-15(18)23-9-12(19)16-8-10-4-3-6-21-10/h3-4,6H,2,5,7-9H2,1H3,(H,16,19). The fraction of sp³-hybridized carbons (Fsp3) is 0.400. The van der Waals surface area contributed by atoms with Gasteiger partial charge in [0, 0.05) is 18.7 Å². The van der Waals surface area contributed by atoms with E-state index >= 15 is 0 Å². The molecule has 1 aliphatic rings. The van der Waals surface area contributed by atoms with E-state index < -0.39 is 0 Å². The van der Waals surface area contributed by atoms with Crippen LogP contribution in [0.3, 0.4) is 0 Å². The Balaban J connectivity index is 1.65. The quantitative estimate of drug-likeness (QED) is 0.633. The van der Waals surface area contributed by atoms with Gasteiger partial charge in [-0.25, -0.2) is 4.98 Å². The van der Waals surface area contributed by atoms with Crippen LogP contribution < -0.4 is 10.9 Å². The van der Waals surface area contributed by atoms with E-state index in [0.29, 0.717) is 24.0 Å². The van der Waals surface area contributed by atoms with Gasteiger partial charge in [0.15, 0.2) is 5.16 Å². The van der Waals surface area contributed by atoms with Gasteiger partial charge in [-0.1, -0.05) is 11.8 Å². The topological polar surface area (TPSA) is 77.1 Å². The number of amides is 1.